The molecule has 1 fully saturated rings. The van der Waals surface area contributed by atoms with E-state index in [9.17, 15) is 9.59 Å². The number of nitrogens with zero attached hydrogens (tertiary/aromatic N) is 1. The predicted molar refractivity (Wildman–Crippen MR) is 86.2 cm³/mol. The lowest BCUT2D eigenvalue weighted by atomic mass is 9.96. The number of aromatic nitrogens is 1. The summed E-state index contributed by atoms with van der Waals surface area (Å²) < 4.78 is 5.18. The number of anilines is 1. The summed E-state index contributed by atoms with van der Waals surface area (Å²) in [7, 11) is 0. The normalized spacial score (nSPS) is 14.8. The van der Waals surface area contributed by atoms with Crippen molar-refractivity contribution < 1.29 is 14.3 Å². The molecule has 118 valence electrons. The zero-order valence-corrected chi connectivity index (χ0v) is 13.0. The molecule has 1 amide bonds. The molecule has 1 N–H and O–H groups in total. The molecular weight excluding hydrogens is 316 g/mol. The number of rotatable bonds is 5. The van der Waals surface area contributed by atoms with Crippen LogP contribution in [-0.4, -0.2) is 23.5 Å². The molecule has 0 unspecified atom stereocenters. The Morgan fingerprint density at radius 2 is 1.91 bits per heavy atom. The van der Waals surface area contributed by atoms with Crippen LogP contribution < -0.4 is 5.32 Å². The number of ether oxygens (including phenoxy) is 1. The summed E-state index contributed by atoms with van der Waals surface area (Å²) in [5, 5.41) is 2.76. The summed E-state index contributed by atoms with van der Waals surface area (Å²) in [6.45, 7) is -0.349. The highest BCUT2D eigenvalue weighted by Gasteiger charge is 2.52. The van der Waals surface area contributed by atoms with E-state index in [-0.39, 0.29) is 17.7 Å². The highest BCUT2D eigenvalue weighted by Crippen LogP contribution is 2.49. The standard InChI is InChI=1S/C17H15ClN2O3/c18-15-13(7-4-10-19-15)20-14(21)11-23-16(22)17(8-9-17)12-5-2-1-3-6-12/h1-7,10H,8-9,11H2,(H,20,21). The molecule has 1 aliphatic carbocycles. The largest absolute Gasteiger partial charge is 0.455 e. The monoisotopic (exact) mass is 330 g/mol. The Morgan fingerprint density at radius 1 is 1.17 bits per heavy atom. The fourth-order valence-corrected chi connectivity index (χ4v) is 2.59. The van der Waals surface area contributed by atoms with E-state index >= 15 is 0 Å². The van der Waals surface area contributed by atoms with Crippen LogP contribution in [0.1, 0.15) is 18.4 Å². The molecule has 1 heterocycles. The summed E-state index contributed by atoms with van der Waals surface area (Å²) in [4.78, 5) is 28.0. The molecule has 1 saturated carbocycles. The maximum absolute atomic E-state index is 12.3. The minimum atomic E-state index is -0.590. The Balaban J connectivity index is 1.57. The number of carbonyl (C=O) groups is 2. The third kappa shape index (κ3) is 3.35. The molecule has 23 heavy (non-hydrogen) atoms. The van der Waals surface area contributed by atoms with Gasteiger partial charge < -0.3 is 10.1 Å². The van der Waals surface area contributed by atoms with E-state index in [1.165, 1.54) is 6.20 Å². The zero-order valence-electron chi connectivity index (χ0n) is 12.3. The van der Waals surface area contributed by atoms with Gasteiger partial charge in [0.1, 0.15) is 0 Å². The van der Waals surface area contributed by atoms with Gasteiger partial charge in [0.15, 0.2) is 11.8 Å². The van der Waals surface area contributed by atoms with Gasteiger partial charge in [0.25, 0.3) is 5.91 Å². The Hall–Kier alpha value is -2.40. The molecular formula is C17H15ClN2O3. The number of halogens is 1. The van der Waals surface area contributed by atoms with Gasteiger partial charge in [-0.2, -0.15) is 0 Å². The van der Waals surface area contributed by atoms with Crippen molar-refractivity contribution in [2.75, 3.05) is 11.9 Å². The van der Waals surface area contributed by atoms with E-state index in [0.29, 0.717) is 5.69 Å². The zero-order chi connectivity index (χ0) is 16.3. The first-order valence-corrected chi connectivity index (χ1v) is 7.63. The summed E-state index contributed by atoms with van der Waals surface area (Å²) in [6.07, 6.45) is 3.01. The average molecular weight is 331 g/mol. The van der Waals surface area contributed by atoms with Crippen molar-refractivity contribution in [3.8, 4) is 0 Å². The molecule has 0 spiro atoms. The van der Waals surface area contributed by atoms with Crippen molar-refractivity contribution in [1.82, 2.24) is 4.98 Å². The van der Waals surface area contributed by atoms with Crippen molar-refractivity contribution in [2.45, 2.75) is 18.3 Å². The number of esters is 1. The molecule has 1 aromatic carbocycles. The molecule has 0 bridgehead atoms. The van der Waals surface area contributed by atoms with E-state index in [1.54, 1.807) is 12.1 Å². The van der Waals surface area contributed by atoms with E-state index in [4.69, 9.17) is 16.3 Å². The van der Waals surface area contributed by atoms with Crippen LogP contribution in [0, 0.1) is 0 Å². The van der Waals surface area contributed by atoms with Crippen molar-refractivity contribution in [3.05, 3.63) is 59.4 Å². The van der Waals surface area contributed by atoms with Gasteiger partial charge in [0.05, 0.1) is 11.1 Å². The number of carbonyl (C=O) groups excluding carboxylic acids is 2. The van der Waals surface area contributed by atoms with Gasteiger partial charge in [0.2, 0.25) is 0 Å². The Bertz CT molecular complexity index is 730. The fourth-order valence-electron chi connectivity index (χ4n) is 2.43. The van der Waals surface area contributed by atoms with E-state index in [0.717, 1.165) is 18.4 Å². The van der Waals surface area contributed by atoms with E-state index < -0.39 is 11.3 Å². The van der Waals surface area contributed by atoms with Gasteiger partial charge in [-0.3, -0.25) is 9.59 Å². The van der Waals surface area contributed by atoms with Crippen molar-refractivity contribution in [2.24, 2.45) is 0 Å². The SMILES string of the molecule is O=C(COC(=O)C1(c2ccccc2)CC1)Nc1cccnc1Cl. The predicted octanol–water partition coefficient (Wildman–Crippen LogP) is 2.95. The number of hydrogen-bond donors (Lipinski definition) is 1. The maximum Gasteiger partial charge on any atom is 0.317 e. The molecule has 0 aliphatic heterocycles. The first-order valence-electron chi connectivity index (χ1n) is 7.25. The molecule has 0 saturated heterocycles. The third-order valence-electron chi connectivity index (χ3n) is 3.83. The van der Waals surface area contributed by atoms with Gasteiger partial charge in [0, 0.05) is 6.20 Å². The van der Waals surface area contributed by atoms with Crippen LogP contribution in [-0.2, 0) is 19.7 Å². The lowest BCUT2D eigenvalue weighted by molar-refractivity contribution is -0.150. The lowest BCUT2D eigenvalue weighted by Crippen LogP contribution is -2.28. The van der Waals surface area contributed by atoms with Crippen molar-refractivity contribution >= 4 is 29.2 Å². The van der Waals surface area contributed by atoms with Crippen LogP contribution in [0.25, 0.3) is 0 Å². The van der Waals surface area contributed by atoms with Crippen LogP contribution >= 0.6 is 11.6 Å². The molecule has 5 nitrogen and oxygen atoms in total. The molecule has 3 rings (SSSR count). The number of benzene rings is 1. The van der Waals surface area contributed by atoms with Gasteiger partial charge in [-0.1, -0.05) is 41.9 Å². The van der Waals surface area contributed by atoms with Gasteiger partial charge in [-0.25, -0.2) is 4.98 Å². The minimum absolute atomic E-state index is 0.190. The molecule has 0 atom stereocenters. The van der Waals surface area contributed by atoms with E-state index in [2.05, 4.69) is 10.3 Å². The van der Waals surface area contributed by atoms with Gasteiger partial charge in [-0.05, 0) is 30.5 Å². The Kier molecular flexibility index (Phi) is 4.30. The highest BCUT2D eigenvalue weighted by atomic mass is 35.5. The Morgan fingerprint density at radius 3 is 2.57 bits per heavy atom. The van der Waals surface area contributed by atoms with Crippen molar-refractivity contribution in [3.63, 3.8) is 0 Å². The second-order valence-corrected chi connectivity index (χ2v) is 5.77. The number of amides is 1. The second-order valence-electron chi connectivity index (χ2n) is 5.41. The summed E-state index contributed by atoms with van der Waals surface area (Å²) in [5.74, 6) is -0.812. The van der Waals surface area contributed by atoms with Gasteiger partial charge >= 0.3 is 5.97 Å². The quantitative estimate of drug-likeness (QED) is 0.676. The summed E-state index contributed by atoms with van der Waals surface area (Å²) >= 11 is 5.86. The van der Waals surface area contributed by atoms with Gasteiger partial charge in [-0.15, -0.1) is 0 Å². The molecule has 1 aliphatic rings. The maximum atomic E-state index is 12.3. The van der Waals surface area contributed by atoms with Crippen LogP contribution in [0.4, 0.5) is 5.69 Å². The highest BCUT2D eigenvalue weighted by molar-refractivity contribution is 6.32. The van der Waals surface area contributed by atoms with E-state index in [1.807, 2.05) is 30.3 Å². The minimum Gasteiger partial charge on any atom is -0.455 e. The molecule has 6 heteroatoms. The second kappa shape index (κ2) is 6.38. The summed E-state index contributed by atoms with van der Waals surface area (Å²) in [6, 6.07) is 12.8. The molecule has 0 radical (unpaired) electrons. The number of hydrogen-bond acceptors (Lipinski definition) is 4. The smallest absolute Gasteiger partial charge is 0.317 e. The van der Waals surface area contributed by atoms with Crippen LogP contribution in [0.2, 0.25) is 5.15 Å². The first-order chi connectivity index (χ1) is 11.1. The lowest BCUT2D eigenvalue weighted by Gasteiger charge is -2.14. The van der Waals surface area contributed by atoms with Crippen LogP contribution in [0.3, 0.4) is 0 Å². The Labute approximate surface area is 138 Å². The third-order valence-corrected chi connectivity index (χ3v) is 4.14. The number of pyridine rings is 1. The average Bonchev–Trinajstić information content (AvgIpc) is 3.37. The van der Waals surface area contributed by atoms with Crippen LogP contribution in [0.15, 0.2) is 48.7 Å². The van der Waals surface area contributed by atoms with Crippen LogP contribution in [0.5, 0.6) is 0 Å². The first kappa shape index (κ1) is 15.5. The summed E-state index contributed by atoms with van der Waals surface area (Å²) in [5.41, 5.74) is 0.730. The fraction of sp³-hybridized carbons (Fsp3) is 0.235. The topological polar surface area (TPSA) is 68.3 Å². The number of nitrogens with one attached hydrogen (secondary N) is 1. The molecule has 1 aromatic heterocycles. The van der Waals surface area contributed by atoms with Crippen molar-refractivity contribution in [1.29, 1.82) is 0 Å². The molecule has 2 aromatic rings.